The fourth-order valence-corrected chi connectivity index (χ4v) is 3.99. The number of likely N-dealkylation sites (tertiary alicyclic amines) is 1. The summed E-state index contributed by atoms with van der Waals surface area (Å²) in [5.41, 5.74) is 1.36. The average molecular weight is 631 g/mol. The smallest absolute Gasteiger partial charge is 0.254 e. The van der Waals surface area contributed by atoms with Gasteiger partial charge in [-0.05, 0) is 112 Å². The molecule has 1 amide bonds. The van der Waals surface area contributed by atoms with Crippen LogP contribution in [0.15, 0.2) is 48.5 Å². The molecule has 2 aromatic carbocycles. The van der Waals surface area contributed by atoms with Crippen molar-refractivity contribution in [3.05, 3.63) is 66.8 Å². The highest BCUT2D eigenvalue weighted by molar-refractivity contribution is 14.1. The fourth-order valence-electron chi connectivity index (χ4n) is 3.15. The predicted molar refractivity (Wildman–Crippen MR) is 127 cm³/mol. The van der Waals surface area contributed by atoms with E-state index in [1.807, 2.05) is 41.3 Å². The number of carbonyl (C=O) groups excluding carboxylic acids is 2. The summed E-state index contributed by atoms with van der Waals surface area (Å²) in [6.45, 7) is 1.83. The number of halogens is 4. The van der Waals surface area contributed by atoms with Crippen LogP contribution in [-0.4, -0.2) is 41.2 Å². The van der Waals surface area contributed by atoms with Crippen LogP contribution >= 0.6 is 69.2 Å². The van der Waals surface area contributed by atoms with Crippen LogP contribution in [0.25, 0.3) is 0 Å². The first-order valence-corrected chi connectivity index (χ1v) is 10.7. The molecule has 0 unspecified atom stereocenters. The minimum atomic E-state index is -0.406. The van der Waals surface area contributed by atoms with Crippen LogP contribution in [0.5, 0.6) is 0 Å². The molecule has 8 heteroatoms. The summed E-state index contributed by atoms with van der Waals surface area (Å²) in [6.07, 6.45) is 1.12. The summed E-state index contributed by atoms with van der Waals surface area (Å²) in [5, 5.41) is 3.00. The van der Waals surface area contributed by atoms with E-state index < -0.39 is 5.24 Å². The molecule has 0 aliphatic carbocycles. The normalized spacial score (nSPS) is 19.7. The van der Waals surface area contributed by atoms with Crippen molar-refractivity contribution in [3.8, 4) is 0 Å². The minimum Gasteiger partial charge on any atom is -0.333 e. The van der Waals surface area contributed by atoms with Gasteiger partial charge in [-0.15, -0.1) is 12.4 Å². The first-order chi connectivity index (χ1) is 12.4. The van der Waals surface area contributed by atoms with Crippen LogP contribution in [0.4, 0.5) is 0 Å². The Morgan fingerprint density at radius 2 is 1.48 bits per heavy atom. The molecule has 0 aromatic heterocycles. The maximum atomic E-state index is 12.2. The number of hydrogen-bond donors (Lipinski definition) is 1. The number of nitrogens with zero attached hydrogens (tertiary/aromatic N) is 1. The van der Waals surface area contributed by atoms with Crippen molar-refractivity contribution in [2.75, 3.05) is 13.1 Å². The summed E-state index contributed by atoms with van der Waals surface area (Å²) >= 11 is 9.63. The van der Waals surface area contributed by atoms with Gasteiger partial charge in [-0.2, -0.15) is 0 Å². The van der Waals surface area contributed by atoms with Crippen LogP contribution in [0.2, 0.25) is 0 Å². The highest BCUT2D eigenvalue weighted by Crippen LogP contribution is 2.25. The molecular formula is C19H18Cl2I2N2O2. The van der Waals surface area contributed by atoms with Gasteiger partial charge in [0.25, 0.3) is 11.1 Å². The SMILES string of the molecule is Cl.O=C(Cl)c1ccc(I)cc1.O=C(c1ccc(I)cc1)N1C[C@@H]2C[C@H]1CN2. The van der Waals surface area contributed by atoms with Crippen molar-refractivity contribution < 1.29 is 9.59 Å². The summed E-state index contributed by atoms with van der Waals surface area (Å²) < 4.78 is 2.26. The summed E-state index contributed by atoms with van der Waals surface area (Å²) in [5.74, 6) is 0.186. The molecule has 2 aromatic rings. The zero-order valence-electron chi connectivity index (χ0n) is 14.2. The van der Waals surface area contributed by atoms with Crippen molar-refractivity contribution in [3.63, 3.8) is 0 Å². The topological polar surface area (TPSA) is 49.4 Å². The lowest BCUT2D eigenvalue weighted by atomic mass is 10.2. The second-order valence-electron chi connectivity index (χ2n) is 6.24. The zero-order valence-corrected chi connectivity index (χ0v) is 20.1. The molecule has 2 atom stereocenters. The summed E-state index contributed by atoms with van der Waals surface area (Å²) in [6, 6.07) is 15.9. The van der Waals surface area contributed by atoms with E-state index in [-0.39, 0.29) is 18.3 Å². The fraction of sp³-hybridized carbons (Fsp3) is 0.263. The van der Waals surface area contributed by atoms with Crippen molar-refractivity contribution in [2.45, 2.75) is 18.5 Å². The van der Waals surface area contributed by atoms with E-state index in [4.69, 9.17) is 11.6 Å². The Morgan fingerprint density at radius 1 is 0.963 bits per heavy atom. The maximum Gasteiger partial charge on any atom is 0.254 e. The number of fused-ring (bicyclic) bond motifs is 2. The van der Waals surface area contributed by atoms with Gasteiger partial charge in [0.05, 0.1) is 0 Å². The molecule has 0 spiro atoms. The van der Waals surface area contributed by atoms with Crippen LogP contribution in [0, 0.1) is 7.14 Å². The molecule has 2 aliphatic heterocycles. The number of hydrogen-bond acceptors (Lipinski definition) is 3. The van der Waals surface area contributed by atoms with Crippen molar-refractivity contribution in [1.29, 1.82) is 0 Å². The second-order valence-corrected chi connectivity index (χ2v) is 9.07. The highest BCUT2D eigenvalue weighted by atomic mass is 127. The molecular weight excluding hydrogens is 613 g/mol. The molecule has 2 bridgehead atoms. The van der Waals surface area contributed by atoms with Gasteiger partial charge in [0.2, 0.25) is 0 Å². The number of benzene rings is 2. The number of carbonyl (C=O) groups is 2. The molecule has 2 saturated heterocycles. The molecule has 4 rings (SSSR count). The molecule has 144 valence electrons. The van der Waals surface area contributed by atoms with Gasteiger partial charge in [-0.25, -0.2) is 0 Å². The zero-order chi connectivity index (χ0) is 18.7. The Balaban J connectivity index is 0.000000208. The Morgan fingerprint density at radius 3 is 1.89 bits per heavy atom. The molecule has 2 aliphatic rings. The minimum absolute atomic E-state index is 0. The van der Waals surface area contributed by atoms with E-state index in [9.17, 15) is 9.59 Å². The van der Waals surface area contributed by atoms with E-state index in [1.54, 1.807) is 12.1 Å². The van der Waals surface area contributed by atoms with E-state index in [0.29, 0.717) is 17.6 Å². The number of rotatable bonds is 2. The molecule has 0 radical (unpaired) electrons. The lowest BCUT2D eigenvalue weighted by Crippen LogP contribution is -2.46. The van der Waals surface area contributed by atoms with E-state index >= 15 is 0 Å². The predicted octanol–water partition coefficient (Wildman–Crippen LogP) is 4.57. The largest absolute Gasteiger partial charge is 0.333 e. The van der Waals surface area contributed by atoms with Crippen molar-refractivity contribution >= 4 is 80.3 Å². The molecule has 2 heterocycles. The van der Waals surface area contributed by atoms with Crippen LogP contribution in [-0.2, 0) is 0 Å². The van der Waals surface area contributed by atoms with E-state index in [0.717, 1.165) is 28.6 Å². The number of nitrogens with one attached hydrogen (secondary N) is 1. The Bertz CT molecular complexity index is 800. The van der Waals surface area contributed by atoms with Crippen molar-refractivity contribution in [1.82, 2.24) is 10.2 Å². The Kier molecular flexibility index (Phi) is 8.79. The second kappa shape index (κ2) is 10.4. The molecule has 27 heavy (non-hydrogen) atoms. The van der Waals surface area contributed by atoms with Crippen molar-refractivity contribution in [2.24, 2.45) is 0 Å². The molecule has 2 fully saturated rings. The van der Waals surface area contributed by atoms with E-state index in [1.165, 1.54) is 3.57 Å². The monoisotopic (exact) mass is 630 g/mol. The summed E-state index contributed by atoms with van der Waals surface area (Å²) in [7, 11) is 0. The first-order valence-electron chi connectivity index (χ1n) is 8.19. The van der Waals surface area contributed by atoms with Gasteiger partial charge in [0.1, 0.15) is 0 Å². The third-order valence-corrected chi connectivity index (χ3v) is 6.14. The third kappa shape index (κ3) is 6.03. The summed E-state index contributed by atoms with van der Waals surface area (Å²) in [4.78, 5) is 24.8. The lowest BCUT2D eigenvalue weighted by molar-refractivity contribution is 0.0716. The third-order valence-electron chi connectivity index (χ3n) is 4.48. The number of amides is 1. The molecule has 1 N–H and O–H groups in total. The lowest BCUT2D eigenvalue weighted by Gasteiger charge is -2.27. The maximum absolute atomic E-state index is 12.2. The van der Waals surface area contributed by atoms with E-state index in [2.05, 4.69) is 50.5 Å². The average Bonchev–Trinajstić information content (AvgIpc) is 3.26. The van der Waals surface area contributed by atoms with Gasteiger partial charge in [0.15, 0.2) is 0 Å². The number of piperazine rings is 1. The Labute approximate surface area is 197 Å². The standard InChI is InChI=1S/C12H13IN2O.C7H4ClIO.ClH/c13-9-3-1-8(2-4-9)12(16)15-7-10-5-11(15)6-14-10;8-7(10)5-1-3-6(9)4-2-5;/h1-4,10-11,14H,5-7H2;1-4H;1H/t10-,11-;;/m0../s1. The van der Waals surface area contributed by atoms with Crippen LogP contribution < -0.4 is 5.32 Å². The molecule has 4 nitrogen and oxygen atoms in total. The van der Waals surface area contributed by atoms with Gasteiger partial charge in [-0.1, -0.05) is 0 Å². The highest BCUT2D eigenvalue weighted by Gasteiger charge is 2.40. The van der Waals surface area contributed by atoms with Gasteiger partial charge in [0, 0.05) is 43.4 Å². The van der Waals surface area contributed by atoms with Gasteiger partial charge in [-0.3, -0.25) is 9.59 Å². The van der Waals surface area contributed by atoms with Crippen LogP contribution in [0.3, 0.4) is 0 Å². The van der Waals surface area contributed by atoms with Crippen LogP contribution in [0.1, 0.15) is 27.1 Å². The van der Waals surface area contributed by atoms with Gasteiger partial charge >= 0.3 is 0 Å². The van der Waals surface area contributed by atoms with Gasteiger partial charge < -0.3 is 10.2 Å². The Hall–Kier alpha value is -0.420. The first kappa shape index (κ1) is 22.9. The quantitative estimate of drug-likeness (QED) is 0.391. The molecule has 0 saturated carbocycles.